The highest BCUT2D eigenvalue weighted by atomic mass is 31.2. The van der Waals surface area contributed by atoms with E-state index in [1.165, 1.54) is 32.1 Å². The number of carbonyl (C=O) groups excluding carboxylic acids is 2. The lowest BCUT2D eigenvalue weighted by atomic mass is 10.1. The first kappa shape index (κ1) is 54.6. The molecular weight excluding hydrogens is 755 g/mol. The lowest BCUT2D eigenvalue weighted by Crippen LogP contribution is -2.29. The monoisotopic (exact) mass is 831 g/mol. The van der Waals surface area contributed by atoms with E-state index in [1.807, 2.05) is 54.7 Å². The van der Waals surface area contributed by atoms with Crippen LogP contribution in [0.15, 0.2) is 109 Å². The minimum Gasteiger partial charge on any atom is -0.462 e. The minimum absolute atomic E-state index is 0.0798. The Morgan fingerprint density at radius 2 is 1.00 bits per heavy atom. The van der Waals surface area contributed by atoms with Crippen LogP contribution in [0.5, 0.6) is 0 Å². The molecule has 0 aromatic rings. The largest absolute Gasteiger partial charge is 0.472 e. The van der Waals surface area contributed by atoms with Gasteiger partial charge in [-0.05, 0) is 64.2 Å². The van der Waals surface area contributed by atoms with Crippen LogP contribution in [-0.4, -0.2) is 65.7 Å². The molecule has 10 nitrogen and oxygen atoms in total. The Hall–Kier alpha value is -3.37. The molecule has 0 aliphatic heterocycles. The number of unbranched alkanes of at least 4 members (excludes halogenated alkanes) is 10. The summed E-state index contributed by atoms with van der Waals surface area (Å²) in [6.07, 6.45) is 52.2. The SMILES string of the molecule is CC/C=C/C=C/C=C/C=C/C=C/CCCC(=O)OC(COC(=O)CCCCCCCCCCC/C=C/C/C=C/C/C=C/C/C=C/CC)COP(=O)(O)OC[C@H](O)CO. The second-order valence-electron chi connectivity index (χ2n) is 13.7. The number of ether oxygens (including phenoxy) is 2. The molecule has 328 valence electrons. The van der Waals surface area contributed by atoms with Crippen LogP contribution in [0.1, 0.15) is 136 Å². The van der Waals surface area contributed by atoms with Gasteiger partial charge < -0.3 is 24.6 Å². The quantitative estimate of drug-likeness (QED) is 0.0180. The Bertz CT molecular complexity index is 1320. The van der Waals surface area contributed by atoms with Gasteiger partial charge in [0.1, 0.15) is 12.7 Å². The van der Waals surface area contributed by atoms with E-state index in [0.717, 1.165) is 57.8 Å². The summed E-state index contributed by atoms with van der Waals surface area (Å²) in [5.74, 6) is -1.03. The number of hydrogen-bond acceptors (Lipinski definition) is 9. The Labute approximate surface area is 350 Å². The predicted molar refractivity (Wildman–Crippen MR) is 237 cm³/mol. The highest BCUT2D eigenvalue weighted by Crippen LogP contribution is 2.43. The van der Waals surface area contributed by atoms with E-state index in [-0.39, 0.29) is 19.4 Å². The van der Waals surface area contributed by atoms with Gasteiger partial charge in [-0.25, -0.2) is 4.57 Å². The number of rotatable bonds is 38. The molecule has 0 heterocycles. The summed E-state index contributed by atoms with van der Waals surface area (Å²) in [6.45, 7) is 2.00. The van der Waals surface area contributed by atoms with Gasteiger partial charge in [-0.15, -0.1) is 0 Å². The summed E-state index contributed by atoms with van der Waals surface area (Å²) in [7, 11) is -4.64. The van der Waals surface area contributed by atoms with Gasteiger partial charge in [-0.1, -0.05) is 168 Å². The number of phosphoric acid groups is 1. The van der Waals surface area contributed by atoms with Crippen molar-refractivity contribution in [2.24, 2.45) is 0 Å². The van der Waals surface area contributed by atoms with Crippen LogP contribution in [0.2, 0.25) is 0 Å². The van der Waals surface area contributed by atoms with Gasteiger partial charge in [0.2, 0.25) is 0 Å². The van der Waals surface area contributed by atoms with Gasteiger partial charge in [0.25, 0.3) is 0 Å². The number of hydrogen-bond donors (Lipinski definition) is 3. The van der Waals surface area contributed by atoms with Crippen LogP contribution < -0.4 is 0 Å². The molecule has 0 amide bonds. The molecule has 2 unspecified atom stereocenters. The summed E-state index contributed by atoms with van der Waals surface area (Å²) in [5.41, 5.74) is 0. The predicted octanol–water partition coefficient (Wildman–Crippen LogP) is 11.4. The maximum absolute atomic E-state index is 12.5. The summed E-state index contributed by atoms with van der Waals surface area (Å²) in [4.78, 5) is 34.9. The minimum atomic E-state index is -4.64. The van der Waals surface area contributed by atoms with Crippen LogP contribution in [0, 0.1) is 0 Å². The van der Waals surface area contributed by atoms with Gasteiger partial charge in [0.15, 0.2) is 6.10 Å². The van der Waals surface area contributed by atoms with Crippen molar-refractivity contribution in [3.8, 4) is 0 Å². The van der Waals surface area contributed by atoms with Crippen molar-refractivity contribution in [1.29, 1.82) is 0 Å². The zero-order valence-electron chi connectivity index (χ0n) is 35.5. The topological polar surface area (TPSA) is 149 Å². The van der Waals surface area contributed by atoms with Gasteiger partial charge >= 0.3 is 19.8 Å². The Balaban J connectivity index is 4.34. The van der Waals surface area contributed by atoms with Crippen molar-refractivity contribution in [1.82, 2.24) is 0 Å². The Kier molecular flexibility index (Phi) is 39.4. The van der Waals surface area contributed by atoms with Crippen LogP contribution in [0.4, 0.5) is 0 Å². The number of phosphoric ester groups is 1. The fraction of sp³-hybridized carbons (Fsp3) is 0.574. The second kappa shape index (κ2) is 41.8. The number of aliphatic hydroxyl groups is 2. The highest BCUT2D eigenvalue weighted by molar-refractivity contribution is 7.47. The fourth-order valence-electron chi connectivity index (χ4n) is 5.07. The normalized spacial score (nSPS) is 14.9. The first-order valence-electron chi connectivity index (χ1n) is 21.4. The molecular formula is C47H75O10P. The molecule has 0 rings (SSSR count). The lowest BCUT2D eigenvalue weighted by Gasteiger charge is -2.20. The molecule has 11 heteroatoms. The average molecular weight is 831 g/mol. The molecule has 0 aliphatic carbocycles. The third-order valence-electron chi connectivity index (χ3n) is 8.30. The van der Waals surface area contributed by atoms with E-state index in [2.05, 4.69) is 73.1 Å². The zero-order chi connectivity index (χ0) is 42.6. The highest BCUT2D eigenvalue weighted by Gasteiger charge is 2.27. The Morgan fingerprint density at radius 3 is 1.59 bits per heavy atom. The van der Waals surface area contributed by atoms with Gasteiger partial charge in [0, 0.05) is 12.8 Å². The number of carbonyl (C=O) groups is 2. The molecule has 0 saturated heterocycles. The third kappa shape index (κ3) is 40.8. The van der Waals surface area contributed by atoms with E-state index in [9.17, 15) is 24.2 Å². The van der Waals surface area contributed by atoms with Crippen LogP contribution in [0.3, 0.4) is 0 Å². The summed E-state index contributed by atoms with van der Waals surface area (Å²) < 4.78 is 32.6. The molecule has 0 radical (unpaired) electrons. The summed E-state index contributed by atoms with van der Waals surface area (Å²) >= 11 is 0. The molecule has 0 aliphatic rings. The molecule has 0 saturated carbocycles. The maximum Gasteiger partial charge on any atom is 0.472 e. The van der Waals surface area contributed by atoms with Crippen molar-refractivity contribution in [2.75, 3.05) is 26.4 Å². The van der Waals surface area contributed by atoms with Crippen LogP contribution in [-0.2, 0) is 32.7 Å². The van der Waals surface area contributed by atoms with E-state index in [1.54, 1.807) is 0 Å². The van der Waals surface area contributed by atoms with Crippen LogP contribution >= 0.6 is 7.82 Å². The van der Waals surface area contributed by atoms with Crippen molar-refractivity contribution in [2.45, 2.75) is 148 Å². The Morgan fingerprint density at radius 1 is 0.534 bits per heavy atom. The first-order chi connectivity index (χ1) is 28.2. The van der Waals surface area contributed by atoms with E-state index < -0.39 is 51.8 Å². The maximum atomic E-state index is 12.5. The van der Waals surface area contributed by atoms with Crippen molar-refractivity contribution < 1.29 is 47.8 Å². The number of aliphatic hydroxyl groups excluding tert-OH is 2. The molecule has 58 heavy (non-hydrogen) atoms. The average Bonchev–Trinajstić information content (AvgIpc) is 3.21. The number of allylic oxidation sites excluding steroid dienone is 18. The van der Waals surface area contributed by atoms with Crippen molar-refractivity contribution in [3.05, 3.63) is 109 Å². The van der Waals surface area contributed by atoms with Gasteiger partial charge in [0.05, 0.1) is 19.8 Å². The molecule has 0 aromatic carbocycles. The van der Waals surface area contributed by atoms with E-state index in [4.69, 9.17) is 19.1 Å². The zero-order valence-corrected chi connectivity index (χ0v) is 36.4. The molecule has 0 fully saturated rings. The smallest absolute Gasteiger partial charge is 0.462 e. The fourth-order valence-corrected chi connectivity index (χ4v) is 5.86. The second-order valence-corrected chi connectivity index (χ2v) is 15.2. The first-order valence-corrected chi connectivity index (χ1v) is 22.9. The third-order valence-corrected chi connectivity index (χ3v) is 9.25. The van der Waals surface area contributed by atoms with Gasteiger partial charge in [-0.3, -0.25) is 18.6 Å². The molecule has 0 bridgehead atoms. The van der Waals surface area contributed by atoms with Crippen molar-refractivity contribution in [3.63, 3.8) is 0 Å². The van der Waals surface area contributed by atoms with E-state index in [0.29, 0.717) is 19.3 Å². The number of esters is 2. The molecule has 3 atom stereocenters. The lowest BCUT2D eigenvalue weighted by molar-refractivity contribution is -0.161. The summed E-state index contributed by atoms with van der Waals surface area (Å²) in [6, 6.07) is 0. The molecule has 3 N–H and O–H groups in total. The van der Waals surface area contributed by atoms with Crippen molar-refractivity contribution >= 4 is 19.8 Å². The molecule has 0 spiro atoms. The van der Waals surface area contributed by atoms with E-state index >= 15 is 0 Å². The summed E-state index contributed by atoms with van der Waals surface area (Å²) in [5, 5.41) is 18.3. The standard InChI is InChI=1S/C47H75O10P/c1-3-5-7-9-11-13-15-17-18-19-20-21-22-23-24-25-27-28-30-32-34-36-38-46(50)54-42-45(43-56-58(52,53)55-41-44(49)40-48)57-47(51)39-37-35-33-31-29-26-16-14-12-10-8-6-4-2/h5-8,10-14,16-18,20-21,26,29,31,33,44-45,48-49H,3-4,9,15,19,22-25,27-28,30,32,34-43H2,1-2H3,(H,52,53)/b7-5+,8-6+,12-10+,13-11+,16-14+,18-17+,21-20+,29-26+,33-31+/t44-,45?/m1/s1. The molecule has 0 aromatic heterocycles. The van der Waals surface area contributed by atoms with Crippen LogP contribution in [0.25, 0.3) is 0 Å². The van der Waals surface area contributed by atoms with Gasteiger partial charge in [-0.2, -0.15) is 0 Å².